The Kier molecular flexibility index (Phi) is 4.81. The summed E-state index contributed by atoms with van der Waals surface area (Å²) < 4.78 is 31.9. The van der Waals surface area contributed by atoms with Gasteiger partial charge in [-0.25, -0.2) is 8.42 Å². The van der Waals surface area contributed by atoms with Crippen molar-refractivity contribution in [3.8, 4) is 0 Å². The highest BCUT2D eigenvalue weighted by molar-refractivity contribution is 7.89. The minimum absolute atomic E-state index is 0.00954. The Labute approximate surface area is 114 Å². The van der Waals surface area contributed by atoms with Crippen LogP contribution in [0.25, 0.3) is 0 Å². The van der Waals surface area contributed by atoms with Gasteiger partial charge in [0.1, 0.15) is 5.84 Å². The minimum atomic E-state index is -3.40. The average Bonchev–Trinajstić information content (AvgIpc) is 2.96. The molecule has 2 aliphatic rings. The molecule has 110 valence electrons. The molecule has 1 atom stereocenters. The largest absolute Gasteiger partial charge is 0.387 e. The number of sulfonamides is 1. The van der Waals surface area contributed by atoms with Crippen LogP contribution in [-0.4, -0.2) is 49.6 Å². The zero-order chi connectivity index (χ0) is 13.9. The fourth-order valence-corrected chi connectivity index (χ4v) is 4.85. The predicted octanol–water partition coefficient (Wildman–Crippen LogP) is 0.676. The molecule has 1 unspecified atom stereocenters. The van der Waals surface area contributed by atoms with Gasteiger partial charge in [0.15, 0.2) is 0 Å². The molecule has 1 aliphatic heterocycles. The maximum Gasteiger partial charge on any atom is 0.217 e. The zero-order valence-corrected chi connectivity index (χ0v) is 12.0. The molecule has 1 heterocycles. The topological polar surface area (TPSA) is 96.5 Å². The maximum atomic E-state index is 12.5. The van der Waals surface area contributed by atoms with Crippen molar-refractivity contribution in [2.24, 2.45) is 5.73 Å². The van der Waals surface area contributed by atoms with Crippen LogP contribution in [-0.2, 0) is 14.8 Å². The van der Waals surface area contributed by atoms with Crippen molar-refractivity contribution in [2.45, 2.75) is 50.7 Å². The Hall–Kier alpha value is -0.660. The van der Waals surface area contributed by atoms with Crippen molar-refractivity contribution in [1.82, 2.24) is 4.31 Å². The van der Waals surface area contributed by atoms with Gasteiger partial charge in [-0.3, -0.25) is 5.41 Å². The lowest BCUT2D eigenvalue weighted by Gasteiger charge is -2.28. The summed E-state index contributed by atoms with van der Waals surface area (Å²) in [5, 5.41) is 7.39. The van der Waals surface area contributed by atoms with Gasteiger partial charge in [0.25, 0.3) is 0 Å². The summed E-state index contributed by atoms with van der Waals surface area (Å²) in [6, 6.07) is 0.00954. The van der Waals surface area contributed by atoms with Gasteiger partial charge >= 0.3 is 0 Å². The number of nitrogens with one attached hydrogen (secondary N) is 1. The number of nitrogens with zero attached hydrogens (tertiary/aromatic N) is 1. The van der Waals surface area contributed by atoms with E-state index in [0.29, 0.717) is 6.61 Å². The molecule has 0 aromatic rings. The van der Waals surface area contributed by atoms with Gasteiger partial charge in [0.05, 0.1) is 18.4 Å². The minimum Gasteiger partial charge on any atom is -0.387 e. The van der Waals surface area contributed by atoms with Crippen LogP contribution in [0.3, 0.4) is 0 Å². The van der Waals surface area contributed by atoms with Gasteiger partial charge in [-0.05, 0) is 25.7 Å². The van der Waals surface area contributed by atoms with Crippen molar-refractivity contribution in [2.75, 3.05) is 18.9 Å². The van der Waals surface area contributed by atoms with Crippen molar-refractivity contribution in [1.29, 1.82) is 5.41 Å². The number of nitrogens with two attached hydrogens (primary N) is 1. The lowest BCUT2D eigenvalue weighted by Crippen LogP contribution is -2.46. The Bertz CT molecular complexity index is 412. The van der Waals surface area contributed by atoms with Crippen LogP contribution in [0.1, 0.15) is 38.5 Å². The SMILES string of the molecule is N=C(N)CN(C1CCCC1)S(=O)(=O)CC1CCCO1. The normalized spacial score (nSPS) is 25.2. The highest BCUT2D eigenvalue weighted by atomic mass is 32.2. The van der Waals surface area contributed by atoms with Crippen molar-refractivity contribution < 1.29 is 13.2 Å². The molecule has 1 aliphatic carbocycles. The van der Waals surface area contributed by atoms with E-state index in [9.17, 15) is 8.42 Å². The lowest BCUT2D eigenvalue weighted by molar-refractivity contribution is 0.126. The molecular weight excluding hydrogens is 266 g/mol. The fourth-order valence-electron chi connectivity index (χ4n) is 2.92. The average molecular weight is 289 g/mol. The molecule has 0 spiro atoms. The van der Waals surface area contributed by atoms with Crippen LogP contribution in [0.2, 0.25) is 0 Å². The third kappa shape index (κ3) is 3.90. The molecule has 0 aromatic heterocycles. The van der Waals surface area contributed by atoms with E-state index in [1.807, 2.05) is 0 Å². The van der Waals surface area contributed by atoms with E-state index < -0.39 is 10.0 Å². The second kappa shape index (κ2) is 6.19. The molecule has 7 heteroatoms. The first-order valence-electron chi connectivity index (χ1n) is 6.93. The second-order valence-electron chi connectivity index (χ2n) is 5.42. The van der Waals surface area contributed by atoms with Crippen molar-refractivity contribution >= 4 is 15.9 Å². The molecule has 0 aromatic carbocycles. The molecule has 2 fully saturated rings. The Balaban J connectivity index is 2.07. The monoisotopic (exact) mass is 289 g/mol. The zero-order valence-electron chi connectivity index (χ0n) is 11.2. The standard InChI is InChI=1S/C12H23N3O3S/c13-12(14)8-15(10-4-1-2-5-10)19(16,17)9-11-6-3-7-18-11/h10-11H,1-9H2,(H3,13,14). The number of rotatable bonds is 6. The number of amidine groups is 1. The Morgan fingerprint density at radius 3 is 2.47 bits per heavy atom. The molecule has 6 nitrogen and oxygen atoms in total. The summed E-state index contributed by atoms with van der Waals surface area (Å²) in [4.78, 5) is 0. The first kappa shape index (κ1) is 14.7. The van der Waals surface area contributed by atoms with E-state index in [1.54, 1.807) is 0 Å². The summed E-state index contributed by atoms with van der Waals surface area (Å²) in [7, 11) is -3.40. The first-order valence-corrected chi connectivity index (χ1v) is 8.54. The predicted molar refractivity (Wildman–Crippen MR) is 73.6 cm³/mol. The molecule has 2 rings (SSSR count). The highest BCUT2D eigenvalue weighted by Crippen LogP contribution is 2.27. The maximum absolute atomic E-state index is 12.5. The van der Waals surface area contributed by atoms with Gasteiger partial charge in [0.2, 0.25) is 10.0 Å². The van der Waals surface area contributed by atoms with Gasteiger partial charge in [0, 0.05) is 12.6 Å². The number of hydrogen-bond donors (Lipinski definition) is 2. The van der Waals surface area contributed by atoms with E-state index >= 15 is 0 Å². The molecule has 1 saturated heterocycles. The molecule has 1 saturated carbocycles. The van der Waals surface area contributed by atoms with E-state index in [4.69, 9.17) is 15.9 Å². The molecule has 19 heavy (non-hydrogen) atoms. The summed E-state index contributed by atoms with van der Waals surface area (Å²) >= 11 is 0. The molecule has 3 N–H and O–H groups in total. The smallest absolute Gasteiger partial charge is 0.217 e. The van der Waals surface area contributed by atoms with Crippen LogP contribution < -0.4 is 5.73 Å². The molecular formula is C12H23N3O3S. The molecule has 0 amide bonds. The summed E-state index contributed by atoms with van der Waals surface area (Å²) in [6.07, 6.45) is 5.38. The van der Waals surface area contributed by atoms with E-state index in [0.717, 1.165) is 38.5 Å². The fraction of sp³-hybridized carbons (Fsp3) is 0.917. The van der Waals surface area contributed by atoms with Crippen LogP contribution in [0.5, 0.6) is 0 Å². The van der Waals surface area contributed by atoms with Gasteiger partial charge in [-0.15, -0.1) is 0 Å². The number of hydrogen-bond acceptors (Lipinski definition) is 4. The first-order chi connectivity index (χ1) is 8.99. The van der Waals surface area contributed by atoms with Crippen molar-refractivity contribution in [3.63, 3.8) is 0 Å². The van der Waals surface area contributed by atoms with Crippen LogP contribution >= 0.6 is 0 Å². The summed E-state index contributed by atoms with van der Waals surface area (Å²) in [5.41, 5.74) is 5.41. The van der Waals surface area contributed by atoms with Gasteiger partial charge in [-0.1, -0.05) is 12.8 Å². The third-order valence-corrected chi connectivity index (χ3v) is 5.77. The summed E-state index contributed by atoms with van der Waals surface area (Å²) in [5.74, 6) is -0.0700. The second-order valence-corrected chi connectivity index (χ2v) is 7.39. The molecule has 0 radical (unpaired) electrons. The summed E-state index contributed by atoms with van der Waals surface area (Å²) in [6.45, 7) is 0.663. The van der Waals surface area contributed by atoms with Crippen LogP contribution in [0.15, 0.2) is 0 Å². The van der Waals surface area contributed by atoms with E-state index in [2.05, 4.69) is 0 Å². The van der Waals surface area contributed by atoms with Gasteiger partial charge in [-0.2, -0.15) is 4.31 Å². The highest BCUT2D eigenvalue weighted by Gasteiger charge is 2.35. The van der Waals surface area contributed by atoms with Crippen molar-refractivity contribution in [3.05, 3.63) is 0 Å². The quantitative estimate of drug-likeness (QED) is 0.555. The van der Waals surface area contributed by atoms with Crippen LogP contribution in [0, 0.1) is 5.41 Å². The van der Waals surface area contributed by atoms with E-state index in [1.165, 1.54) is 4.31 Å². The lowest BCUT2D eigenvalue weighted by atomic mass is 10.2. The number of ether oxygens (including phenoxy) is 1. The Morgan fingerprint density at radius 2 is 1.95 bits per heavy atom. The Morgan fingerprint density at radius 1 is 1.26 bits per heavy atom. The van der Waals surface area contributed by atoms with E-state index in [-0.39, 0.29) is 30.3 Å². The van der Waals surface area contributed by atoms with Crippen LogP contribution in [0.4, 0.5) is 0 Å². The third-order valence-electron chi connectivity index (χ3n) is 3.84. The molecule has 0 bridgehead atoms. The van der Waals surface area contributed by atoms with Gasteiger partial charge < -0.3 is 10.5 Å².